The SMILES string of the molecule is Nc1cccc2ncc(-c3ccccc3)nc12. The molecule has 82 valence electrons. The normalized spacial score (nSPS) is 10.6. The van der Waals surface area contributed by atoms with Gasteiger partial charge in [0.1, 0.15) is 5.52 Å². The standard InChI is InChI=1S/C14H11N3/c15-11-7-4-8-12-14(11)17-13(9-16-12)10-5-2-1-3-6-10/h1-9H,15H2. The molecule has 3 aromatic rings. The van der Waals surface area contributed by atoms with Gasteiger partial charge in [0, 0.05) is 5.56 Å². The Kier molecular flexibility index (Phi) is 2.22. The van der Waals surface area contributed by atoms with E-state index in [4.69, 9.17) is 5.73 Å². The second-order valence-electron chi connectivity index (χ2n) is 3.84. The van der Waals surface area contributed by atoms with E-state index in [-0.39, 0.29) is 0 Å². The summed E-state index contributed by atoms with van der Waals surface area (Å²) in [6, 6.07) is 15.6. The van der Waals surface area contributed by atoms with E-state index < -0.39 is 0 Å². The number of aromatic nitrogens is 2. The van der Waals surface area contributed by atoms with Crippen molar-refractivity contribution < 1.29 is 0 Å². The van der Waals surface area contributed by atoms with Crippen molar-refractivity contribution in [1.82, 2.24) is 9.97 Å². The molecule has 2 N–H and O–H groups in total. The molecule has 0 spiro atoms. The average Bonchev–Trinajstić information content (AvgIpc) is 2.40. The quantitative estimate of drug-likeness (QED) is 0.643. The lowest BCUT2D eigenvalue weighted by atomic mass is 10.1. The maximum absolute atomic E-state index is 5.90. The van der Waals surface area contributed by atoms with Gasteiger partial charge in [0.15, 0.2) is 0 Å². The molecular weight excluding hydrogens is 210 g/mol. The second-order valence-corrected chi connectivity index (χ2v) is 3.84. The van der Waals surface area contributed by atoms with Gasteiger partial charge in [-0.1, -0.05) is 36.4 Å². The number of para-hydroxylation sites is 1. The monoisotopic (exact) mass is 221 g/mol. The second kappa shape index (κ2) is 3.87. The van der Waals surface area contributed by atoms with E-state index in [9.17, 15) is 0 Å². The van der Waals surface area contributed by atoms with Crippen molar-refractivity contribution >= 4 is 16.7 Å². The molecule has 0 aliphatic rings. The zero-order valence-corrected chi connectivity index (χ0v) is 9.17. The summed E-state index contributed by atoms with van der Waals surface area (Å²) < 4.78 is 0. The van der Waals surface area contributed by atoms with E-state index in [2.05, 4.69) is 9.97 Å². The van der Waals surface area contributed by atoms with Crippen molar-refractivity contribution in [1.29, 1.82) is 0 Å². The van der Waals surface area contributed by atoms with E-state index in [1.807, 2.05) is 48.5 Å². The number of nitrogens with zero attached hydrogens (tertiary/aromatic N) is 2. The summed E-state index contributed by atoms with van der Waals surface area (Å²) in [5.74, 6) is 0. The van der Waals surface area contributed by atoms with Crippen molar-refractivity contribution in [2.24, 2.45) is 0 Å². The highest BCUT2D eigenvalue weighted by atomic mass is 14.8. The first-order chi connectivity index (χ1) is 8.34. The molecule has 0 saturated carbocycles. The molecule has 0 aliphatic carbocycles. The third-order valence-corrected chi connectivity index (χ3v) is 2.67. The third-order valence-electron chi connectivity index (χ3n) is 2.67. The van der Waals surface area contributed by atoms with Crippen LogP contribution in [0.25, 0.3) is 22.3 Å². The summed E-state index contributed by atoms with van der Waals surface area (Å²) in [7, 11) is 0. The lowest BCUT2D eigenvalue weighted by Crippen LogP contribution is -1.93. The summed E-state index contributed by atoms with van der Waals surface area (Å²) in [4.78, 5) is 8.93. The van der Waals surface area contributed by atoms with E-state index >= 15 is 0 Å². The first-order valence-corrected chi connectivity index (χ1v) is 5.41. The fourth-order valence-electron chi connectivity index (χ4n) is 1.80. The van der Waals surface area contributed by atoms with Crippen LogP contribution in [0, 0.1) is 0 Å². The van der Waals surface area contributed by atoms with Gasteiger partial charge in [0.05, 0.1) is 23.1 Å². The number of nitrogens with two attached hydrogens (primary N) is 1. The van der Waals surface area contributed by atoms with Gasteiger partial charge in [-0.05, 0) is 12.1 Å². The molecule has 0 amide bonds. The fourth-order valence-corrected chi connectivity index (χ4v) is 1.80. The van der Waals surface area contributed by atoms with Crippen LogP contribution < -0.4 is 5.73 Å². The number of anilines is 1. The van der Waals surface area contributed by atoms with Crippen LogP contribution in [0.15, 0.2) is 54.7 Å². The van der Waals surface area contributed by atoms with Crippen LogP contribution in [0.4, 0.5) is 5.69 Å². The van der Waals surface area contributed by atoms with Crippen molar-refractivity contribution in [3.63, 3.8) is 0 Å². The van der Waals surface area contributed by atoms with Gasteiger partial charge >= 0.3 is 0 Å². The van der Waals surface area contributed by atoms with Gasteiger partial charge in [-0.15, -0.1) is 0 Å². The van der Waals surface area contributed by atoms with Gasteiger partial charge in [-0.25, -0.2) is 4.98 Å². The molecule has 0 bridgehead atoms. The number of hydrogen-bond donors (Lipinski definition) is 1. The minimum Gasteiger partial charge on any atom is -0.397 e. The van der Waals surface area contributed by atoms with Crippen molar-refractivity contribution in [2.75, 3.05) is 5.73 Å². The number of rotatable bonds is 1. The molecule has 1 heterocycles. The predicted molar refractivity (Wildman–Crippen MR) is 69.4 cm³/mol. The van der Waals surface area contributed by atoms with Crippen LogP contribution in [0.3, 0.4) is 0 Å². The molecule has 17 heavy (non-hydrogen) atoms. The van der Waals surface area contributed by atoms with Gasteiger partial charge < -0.3 is 5.73 Å². The molecule has 0 aliphatic heterocycles. The molecule has 3 rings (SSSR count). The maximum Gasteiger partial charge on any atom is 0.112 e. The number of fused-ring (bicyclic) bond motifs is 1. The van der Waals surface area contributed by atoms with Crippen LogP contribution in [0.5, 0.6) is 0 Å². The van der Waals surface area contributed by atoms with Crippen molar-refractivity contribution in [3.05, 3.63) is 54.7 Å². The molecule has 0 fully saturated rings. The molecule has 0 atom stereocenters. The third kappa shape index (κ3) is 1.72. The molecule has 1 aromatic heterocycles. The van der Waals surface area contributed by atoms with E-state index in [1.165, 1.54) is 0 Å². The zero-order valence-electron chi connectivity index (χ0n) is 9.17. The Morgan fingerprint density at radius 3 is 2.53 bits per heavy atom. The first kappa shape index (κ1) is 9.78. The van der Waals surface area contributed by atoms with Gasteiger partial charge in [0.2, 0.25) is 0 Å². The summed E-state index contributed by atoms with van der Waals surface area (Å²) in [6.45, 7) is 0. The summed E-state index contributed by atoms with van der Waals surface area (Å²) in [6.07, 6.45) is 1.77. The van der Waals surface area contributed by atoms with Crippen LogP contribution in [-0.2, 0) is 0 Å². The highest BCUT2D eigenvalue weighted by Gasteiger charge is 2.03. The maximum atomic E-state index is 5.90. The summed E-state index contributed by atoms with van der Waals surface area (Å²) in [5, 5.41) is 0. The minimum atomic E-state index is 0.660. The van der Waals surface area contributed by atoms with Gasteiger partial charge in [-0.2, -0.15) is 0 Å². The molecular formula is C14H11N3. The van der Waals surface area contributed by atoms with Crippen LogP contribution in [-0.4, -0.2) is 9.97 Å². The van der Waals surface area contributed by atoms with Crippen LogP contribution in [0.1, 0.15) is 0 Å². The topological polar surface area (TPSA) is 51.8 Å². The van der Waals surface area contributed by atoms with E-state index in [0.29, 0.717) is 5.69 Å². The molecule has 3 nitrogen and oxygen atoms in total. The molecule has 0 radical (unpaired) electrons. The lowest BCUT2D eigenvalue weighted by molar-refractivity contribution is 1.29. The Morgan fingerprint density at radius 1 is 0.882 bits per heavy atom. The molecule has 0 saturated heterocycles. The van der Waals surface area contributed by atoms with Crippen molar-refractivity contribution in [2.45, 2.75) is 0 Å². The molecule has 2 aromatic carbocycles. The highest BCUT2D eigenvalue weighted by Crippen LogP contribution is 2.21. The molecule has 0 unspecified atom stereocenters. The summed E-state index contributed by atoms with van der Waals surface area (Å²) in [5.41, 5.74) is 10.0. The van der Waals surface area contributed by atoms with Crippen LogP contribution >= 0.6 is 0 Å². The van der Waals surface area contributed by atoms with Crippen molar-refractivity contribution in [3.8, 4) is 11.3 Å². The largest absolute Gasteiger partial charge is 0.397 e. The average molecular weight is 221 g/mol. The summed E-state index contributed by atoms with van der Waals surface area (Å²) >= 11 is 0. The van der Waals surface area contributed by atoms with E-state index in [0.717, 1.165) is 22.3 Å². The smallest absolute Gasteiger partial charge is 0.112 e. The Morgan fingerprint density at radius 2 is 1.71 bits per heavy atom. The minimum absolute atomic E-state index is 0.660. The Labute approximate surface area is 98.9 Å². The Balaban J connectivity index is 2.23. The van der Waals surface area contributed by atoms with Gasteiger partial charge in [0.25, 0.3) is 0 Å². The highest BCUT2D eigenvalue weighted by molar-refractivity contribution is 5.87. The number of nitrogen functional groups attached to an aromatic ring is 1. The lowest BCUT2D eigenvalue weighted by Gasteiger charge is -2.04. The predicted octanol–water partition coefficient (Wildman–Crippen LogP) is 2.88. The first-order valence-electron chi connectivity index (χ1n) is 5.41. The number of hydrogen-bond acceptors (Lipinski definition) is 3. The Bertz CT molecular complexity index is 663. The fraction of sp³-hybridized carbons (Fsp3) is 0. The zero-order chi connectivity index (χ0) is 11.7. The van der Waals surface area contributed by atoms with Gasteiger partial charge in [-0.3, -0.25) is 4.98 Å². The number of benzene rings is 2. The van der Waals surface area contributed by atoms with Crippen LogP contribution in [0.2, 0.25) is 0 Å². The van der Waals surface area contributed by atoms with E-state index in [1.54, 1.807) is 6.20 Å². The molecule has 3 heteroatoms. The Hall–Kier alpha value is -2.42.